The van der Waals surface area contributed by atoms with Crippen LogP contribution in [0.25, 0.3) is 6.08 Å². The van der Waals surface area contributed by atoms with Crippen molar-refractivity contribution in [2.75, 3.05) is 5.32 Å². The monoisotopic (exact) mass is 418 g/mol. The fraction of sp³-hybridized carbons (Fsp3) is 0.190. The van der Waals surface area contributed by atoms with Crippen molar-refractivity contribution in [2.45, 2.75) is 26.0 Å². The molecule has 2 atom stereocenters. The molecule has 2 amide bonds. The van der Waals surface area contributed by atoms with Crippen LogP contribution < -0.4 is 10.6 Å². The molecule has 2 N–H and O–H groups in total. The van der Waals surface area contributed by atoms with Crippen molar-refractivity contribution in [1.29, 1.82) is 0 Å². The largest absolute Gasteiger partial charge is 0.451 e. The Morgan fingerprint density at radius 1 is 1.10 bits per heavy atom. The Labute approximate surface area is 172 Å². The van der Waals surface area contributed by atoms with Gasteiger partial charge in [-0.25, -0.2) is 9.18 Å². The number of rotatable bonds is 7. The number of hydrogen-bond acceptors (Lipinski definition) is 4. The van der Waals surface area contributed by atoms with Gasteiger partial charge in [0.1, 0.15) is 11.9 Å². The lowest BCUT2D eigenvalue weighted by Gasteiger charge is -2.17. The molecule has 6 nitrogen and oxygen atoms in total. The van der Waals surface area contributed by atoms with E-state index in [4.69, 9.17) is 16.3 Å². The van der Waals surface area contributed by atoms with Gasteiger partial charge in [-0.3, -0.25) is 9.59 Å². The van der Waals surface area contributed by atoms with Crippen LogP contribution in [0.1, 0.15) is 19.4 Å². The molecule has 152 valence electrons. The van der Waals surface area contributed by atoms with E-state index in [2.05, 4.69) is 10.6 Å². The molecular weight excluding hydrogens is 399 g/mol. The van der Waals surface area contributed by atoms with Crippen LogP contribution in [0.15, 0.2) is 54.6 Å². The normalized spacial score (nSPS) is 12.8. The van der Waals surface area contributed by atoms with Gasteiger partial charge >= 0.3 is 5.97 Å². The first kappa shape index (κ1) is 22.1. The van der Waals surface area contributed by atoms with Crippen molar-refractivity contribution in [1.82, 2.24) is 5.32 Å². The van der Waals surface area contributed by atoms with Gasteiger partial charge in [0, 0.05) is 11.8 Å². The van der Waals surface area contributed by atoms with E-state index < -0.39 is 35.7 Å². The third kappa shape index (κ3) is 7.04. The first-order valence-electron chi connectivity index (χ1n) is 8.76. The van der Waals surface area contributed by atoms with E-state index in [1.54, 1.807) is 6.08 Å². The molecule has 2 aromatic carbocycles. The summed E-state index contributed by atoms with van der Waals surface area (Å²) < 4.78 is 18.2. The summed E-state index contributed by atoms with van der Waals surface area (Å²) in [6.07, 6.45) is 1.77. The zero-order valence-corrected chi connectivity index (χ0v) is 16.6. The van der Waals surface area contributed by atoms with E-state index in [9.17, 15) is 18.8 Å². The molecule has 0 bridgehead atoms. The van der Waals surface area contributed by atoms with Gasteiger partial charge in [0.2, 0.25) is 5.91 Å². The number of anilines is 1. The van der Waals surface area contributed by atoms with Crippen LogP contribution in [0.3, 0.4) is 0 Å². The van der Waals surface area contributed by atoms with Crippen molar-refractivity contribution in [3.8, 4) is 0 Å². The lowest BCUT2D eigenvalue weighted by molar-refractivity contribution is -0.155. The van der Waals surface area contributed by atoms with Crippen LogP contribution in [0.4, 0.5) is 10.1 Å². The predicted octanol–water partition coefficient (Wildman–Crippen LogP) is 3.57. The molecule has 0 unspecified atom stereocenters. The third-order valence-electron chi connectivity index (χ3n) is 3.79. The molecule has 0 aliphatic carbocycles. The Balaban J connectivity index is 1.84. The van der Waals surface area contributed by atoms with E-state index in [-0.39, 0.29) is 10.7 Å². The minimum Gasteiger partial charge on any atom is -0.451 e. The summed E-state index contributed by atoms with van der Waals surface area (Å²) in [7, 11) is 0. The summed E-state index contributed by atoms with van der Waals surface area (Å²) in [5.74, 6) is -2.49. The molecule has 0 saturated carbocycles. The second-order valence-corrected chi connectivity index (χ2v) is 6.58. The standard InChI is InChI=1S/C21H20ClFN2O4/c1-13(24-19(26)11-8-15-6-4-3-5-7-15)21(28)29-14(2)20(27)25-16-9-10-18(23)17(22)12-16/h3-14H,1-2H3,(H,24,26)(H,25,27)/b11-8+/t13-,14+/m0/s1. The number of carbonyl (C=O) groups excluding carboxylic acids is 3. The van der Waals surface area contributed by atoms with Crippen LogP contribution in [-0.2, 0) is 19.1 Å². The first-order chi connectivity index (χ1) is 13.8. The van der Waals surface area contributed by atoms with Crippen molar-refractivity contribution in [2.24, 2.45) is 0 Å². The number of carbonyl (C=O) groups is 3. The van der Waals surface area contributed by atoms with Gasteiger partial charge in [-0.15, -0.1) is 0 Å². The minimum absolute atomic E-state index is 0.146. The van der Waals surface area contributed by atoms with E-state index in [1.807, 2.05) is 30.3 Å². The summed E-state index contributed by atoms with van der Waals surface area (Å²) in [5, 5.41) is 4.79. The quantitative estimate of drug-likeness (QED) is 0.531. The molecule has 2 rings (SSSR count). The maximum Gasteiger partial charge on any atom is 0.329 e. The highest BCUT2D eigenvalue weighted by atomic mass is 35.5. The fourth-order valence-corrected chi connectivity index (χ4v) is 2.38. The van der Waals surface area contributed by atoms with E-state index >= 15 is 0 Å². The maximum atomic E-state index is 13.2. The topological polar surface area (TPSA) is 84.5 Å². The second-order valence-electron chi connectivity index (χ2n) is 6.17. The number of halogens is 2. The van der Waals surface area contributed by atoms with Gasteiger partial charge in [0.05, 0.1) is 5.02 Å². The summed E-state index contributed by atoms with van der Waals surface area (Å²) in [6.45, 7) is 2.82. The van der Waals surface area contributed by atoms with Crippen LogP contribution in [0, 0.1) is 5.82 Å². The molecule has 0 radical (unpaired) electrons. The highest BCUT2D eigenvalue weighted by Gasteiger charge is 2.23. The number of nitrogens with one attached hydrogen (secondary N) is 2. The number of hydrogen-bond donors (Lipinski definition) is 2. The highest BCUT2D eigenvalue weighted by molar-refractivity contribution is 6.31. The summed E-state index contributed by atoms with van der Waals surface area (Å²) in [6, 6.07) is 11.9. The Bertz CT molecular complexity index is 918. The molecule has 0 spiro atoms. The van der Waals surface area contributed by atoms with Crippen LogP contribution in [0.5, 0.6) is 0 Å². The Hall–Kier alpha value is -3.19. The number of ether oxygens (including phenoxy) is 1. The zero-order valence-electron chi connectivity index (χ0n) is 15.8. The van der Waals surface area contributed by atoms with Crippen LogP contribution in [0.2, 0.25) is 5.02 Å². The Kier molecular flexibility index (Phi) is 7.91. The number of amides is 2. The maximum absolute atomic E-state index is 13.2. The molecule has 0 fully saturated rings. The van der Waals surface area contributed by atoms with Crippen molar-refractivity contribution < 1.29 is 23.5 Å². The van der Waals surface area contributed by atoms with Gasteiger partial charge in [-0.2, -0.15) is 0 Å². The van der Waals surface area contributed by atoms with E-state index in [0.29, 0.717) is 0 Å². The summed E-state index contributed by atoms with van der Waals surface area (Å²) in [4.78, 5) is 36.2. The minimum atomic E-state index is -1.13. The summed E-state index contributed by atoms with van der Waals surface area (Å²) in [5.41, 5.74) is 1.10. The molecule has 0 aliphatic rings. The molecule has 0 saturated heterocycles. The van der Waals surface area contributed by atoms with Gasteiger partial charge in [-0.1, -0.05) is 41.9 Å². The van der Waals surface area contributed by atoms with E-state index in [1.165, 1.54) is 32.1 Å². The van der Waals surface area contributed by atoms with Crippen molar-refractivity contribution in [3.63, 3.8) is 0 Å². The highest BCUT2D eigenvalue weighted by Crippen LogP contribution is 2.19. The van der Waals surface area contributed by atoms with Crippen LogP contribution >= 0.6 is 11.6 Å². The third-order valence-corrected chi connectivity index (χ3v) is 4.08. The van der Waals surface area contributed by atoms with Gasteiger partial charge in [-0.05, 0) is 43.7 Å². The molecule has 0 aliphatic heterocycles. The molecule has 0 heterocycles. The SMILES string of the molecule is C[C@H](NC(=O)/C=C/c1ccccc1)C(=O)O[C@H](C)C(=O)Nc1ccc(F)c(Cl)c1. The second kappa shape index (κ2) is 10.4. The number of esters is 1. The van der Waals surface area contributed by atoms with Gasteiger partial charge in [0.15, 0.2) is 6.10 Å². The average Bonchev–Trinajstić information content (AvgIpc) is 2.69. The average molecular weight is 419 g/mol. The fourth-order valence-electron chi connectivity index (χ4n) is 2.20. The molecule has 8 heteroatoms. The molecule has 0 aromatic heterocycles. The molecule has 29 heavy (non-hydrogen) atoms. The lowest BCUT2D eigenvalue weighted by atomic mass is 10.2. The van der Waals surface area contributed by atoms with E-state index in [0.717, 1.165) is 11.6 Å². The lowest BCUT2D eigenvalue weighted by Crippen LogP contribution is -2.41. The summed E-state index contributed by atoms with van der Waals surface area (Å²) >= 11 is 5.66. The Morgan fingerprint density at radius 3 is 2.45 bits per heavy atom. The van der Waals surface area contributed by atoms with Crippen molar-refractivity contribution >= 4 is 41.1 Å². The van der Waals surface area contributed by atoms with Gasteiger partial charge < -0.3 is 15.4 Å². The zero-order chi connectivity index (χ0) is 21.4. The molecular formula is C21H20ClFN2O4. The van der Waals surface area contributed by atoms with Gasteiger partial charge in [0.25, 0.3) is 5.91 Å². The number of benzene rings is 2. The smallest absolute Gasteiger partial charge is 0.329 e. The predicted molar refractivity (Wildman–Crippen MR) is 109 cm³/mol. The molecule has 2 aromatic rings. The Morgan fingerprint density at radius 2 is 1.79 bits per heavy atom. The first-order valence-corrected chi connectivity index (χ1v) is 9.14. The van der Waals surface area contributed by atoms with Crippen molar-refractivity contribution in [3.05, 3.63) is 71.0 Å². The van der Waals surface area contributed by atoms with Crippen LogP contribution in [-0.4, -0.2) is 29.9 Å².